The standard InChI is InChI=1S/C22H24N2O2/c1-3-16(2)17-9-11-19(12-10-17)24-21(25)13-14-22-23-15-20(26-22)18-7-5-4-6-8-18/h4-12,15-16H,3,13-14H2,1-2H3,(H,24,25)/t16-/m0/s1. The Morgan fingerprint density at radius 3 is 2.54 bits per heavy atom. The maximum atomic E-state index is 12.2. The van der Waals surface area contributed by atoms with Gasteiger partial charge in [0.05, 0.1) is 6.20 Å². The Balaban J connectivity index is 1.52. The first-order chi connectivity index (χ1) is 12.7. The molecule has 4 nitrogen and oxygen atoms in total. The largest absolute Gasteiger partial charge is 0.441 e. The van der Waals surface area contributed by atoms with Gasteiger partial charge in [0, 0.05) is 24.1 Å². The fourth-order valence-corrected chi connectivity index (χ4v) is 2.74. The maximum Gasteiger partial charge on any atom is 0.224 e. The summed E-state index contributed by atoms with van der Waals surface area (Å²) in [4.78, 5) is 16.4. The van der Waals surface area contributed by atoms with E-state index in [4.69, 9.17) is 4.42 Å². The Labute approximate surface area is 154 Å². The van der Waals surface area contributed by atoms with Crippen molar-refractivity contribution in [2.45, 2.75) is 39.0 Å². The Morgan fingerprint density at radius 1 is 1.12 bits per heavy atom. The second-order valence-electron chi connectivity index (χ2n) is 6.46. The molecule has 2 aromatic carbocycles. The third kappa shape index (κ3) is 4.60. The Hall–Kier alpha value is -2.88. The second kappa shape index (κ2) is 8.48. The van der Waals surface area contributed by atoms with Crippen molar-refractivity contribution in [1.82, 2.24) is 4.98 Å². The zero-order valence-corrected chi connectivity index (χ0v) is 15.2. The lowest BCUT2D eigenvalue weighted by molar-refractivity contribution is -0.116. The molecule has 26 heavy (non-hydrogen) atoms. The normalized spacial score (nSPS) is 11.9. The van der Waals surface area contributed by atoms with Crippen molar-refractivity contribution in [3.05, 3.63) is 72.2 Å². The molecule has 0 aliphatic carbocycles. The van der Waals surface area contributed by atoms with Crippen LogP contribution in [0.4, 0.5) is 5.69 Å². The molecule has 0 saturated heterocycles. The first-order valence-electron chi connectivity index (χ1n) is 9.05. The quantitative estimate of drug-likeness (QED) is 0.620. The number of hydrogen-bond acceptors (Lipinski definition) is 3. The molecule has 0 radical (unpaired) electrons. The van der Waals surface area contributed by atoms with Gasteiger partial charge in [-0.3, -0.25) is 4.79 Å². The van der Waals surface area contributed by atoms with Gasteiger partial charge in [-0.05, 0) is 30.0 Å². The molecule has 0 fully saturated rings. The summed E-state index contributed by atoms with van der Waals surface area (Å²) in [6.07, 6.45) is 3.62. The van der Waals surface area contributed by atoms with Crippen molar-refractivity contribution in [1.29, 1.82) is 0 Å². The van der Waals surface area contributed by atoms with Gasteiger partial charge in [0.25, 0.3) is 0 Å². The fraction of sp³-hybridized carbons (Fsp3) is 0.273. The third-order valence-corrected chi connectivity index (χ3v) is 4.55. The highest BCUT2D eigenvalue weighted by Crippen LogP contribution is 2.22. The Morgan fingerprint density at radius 2 is 1.85 bits per heavy atom. The van der Waals surface area contributed by atoms with Crippen LogP contribution in [-0.2, 0) is 11.2 Å². The number of carbonyl (C=O) groups is 1. The van der Waals surface area contributed by atoms with Crippen molar-refractivity contribution in [3.8, 4) is 11.3 Å². The molecular formula is C22H24N2O2. The summed E-state index contributed by atoms with van der Waals surface area (Å²) in [5, 5.41) is 2.93. The number of carbonyl (C=O) groups excluding carboxylic acids is 1. The minimum Gasteiger partial charge on any atom is -0.441 e. The molecule has 134 valence electrons. The minimum absolute atomic E-state index is 0.0410. The van der Waals surface area contributed by atoms with Crippen molar-refractivity contribution in [2.24, 2.45) is 0 Å². The van der Waals surface area contributed by atoms with Gasteiger partial charge in [-0.15, -0.1) is 0 Å². The highest BCUT2D eigenvalue weighted by atomic mass is 16.4. The van der Waals surface area contributed by atoms with Crippen molar-refractivity contribution < 1.29 is 9.21 Å². The van der Waals surface area contributed by atoms with Crippen LogP contribution in [0, 0.1) is 0 Å². The molecule has 0 unspecified atom stereocenters. The van der Waals surface area contributed by atoms with E-state index in [-0.39, 0.29) is 5.91 Å². The number of benzene rings is 2. The molecule has 1 amide bonds. The number of nitrogens with zero attached hydrogens (tertiary/aromatic N) is 1. The third-order valence-electron chi connectivity index (χ3n) is 4.55. The van der Waals surface area contributed by atoms with E-state index in [1.165, 1.54) is 5.56 Å². The first kappa shape index (κ1) is 17.9. The molecule has 1 heterocycles. The number of hydrogen-bond donors (Lipinski definition) is 1. The number of nitrogens with one attached hydrogen (secondary N) is 1. The van der Waals surface area contributed by atoms with Crippen LogP contribution in [0.1, 0.15) is 44.1 Å². The van der Waals surface area contributed by atoms with E-state index in [9.17, 15) is 4.79 Å². The van der Waals surface area contributed by atoms with Gasteiger partial charge in [0.2, 0.25) is 5.91 Å². The van der Waals surface area contributed by atoms with Gasteiger partial charge in [-0.25, -0.2) is 4.98 Å². The average Bonchev–Trinajstić information content (AvgIpc) is 3.16. The summed E-state index contributed by atoms with van der Waals surface area (Å²) in [5.74, 6) is 1.79. The van der Waals surface area contributed by atoms with Crippen LogP contribution in [0.2, 0.25) is 0 Å². The summed E-state index contributed by atoms with van der Waals surface area (Å²) in [5.41, 5.74) is 3.09. The zero-order chi connectivity index (χ0) is 18.4. The predicted octanol–water partition coefficient (Wildman–Crippen LogP) is 5.43. The number of anilines is 1. The number of aromatic nitrogens is 1. The van der Waals surface area contributed by atoms with Crippen LogP contribution in [-0.4, -0.2) is 10.9 Å². The monoisotopic (exact) mass is 348 g/mol. The van der Waals surface area contributed by atoms with Crippen LogP contribution in [0.3, 0.4) is 0 Å². The molecule has 0 aliphatic rings. The van der Waals surface area contributed by atoms with E-state index >= 15 is 0 Å². The van der Waals surface area contributed by atoms with Crippen LogP contribution in [0.25, 0.3) is 11.3 Å². The van der Waals surface area contributed by atoms with Crippen LogP contribution < -0.4 is 5.32 Å². The summed E-state index contributed by atoms with van der Waals surface area (Å²) in [7, 11) is 0. The summed E-state index contributed by atoms with van der Waals surface area (Å²) >= 11 is 0. The van der Waals surface area contributed by atoms with Gasteiger partial charge >= 0.3 is 0 Å². The predicted molar refractivity (Wildman–Crippen MR) is 104 cm³/mol. The highest BCUT2D eigenvalue weighted by molar-refractivity contribution is 5.90. The first-order valence-corrected chi connectivity index (χ1v) is 9.05. The van der Waals surface area contributed by atoms with Crippen LogP contribution >= 0.6 is 0 Å². The SMILES string of the molecule is CC[C@H](C)c1ccc(NC(=O)CCc2ncc(-c3ccccc3)o2)cc1. The van der Waals surface area contributed by atoms with Crippen LogP contribution in [0.5, 0.6) is 0 Å². The van der Waals surface area contributed by atoms with Crippen molar-refractivity contribution in [3.63, 3.8) is 0 Å². The van der Waals surface area contributed by atoms with Gasteiger partial charge in [-0.1, -0.05) is 56.3 Å². The van der Waals surface area contributed by atoms with E-state index < -0.39 is 0 Å². The molecular weight excluding hydrogens is 324 g/mol. The summed E-state index contributed by atoms with van der Waals surface area (Å²) < 4.78 is 5.73. The number of amides is 1. The molecule has 4 heteroatoms. The van der Waals surface area contributed by atoms with E-state index in [2.05, 4.69) is 36.3 Å². The number of aryl methyl sites for hydroxylation is 1. The van der Waals surface area contributed by atoms with Gasteiger partial charge in [0.1, 0.15) is 0 Å². The molecule has 1 atom stereocenters. The lowest BCUT2D eigenvalue weighted by Gasteiger charge is -2.10. The molecule has 0 bridgehead atoms. The molecule has 1 N–H and O–H groups in total. The lowest BCUT2D eigenvalue weighted by atomic mass is 9.99. The second-order valence-corrected chi connectivity index (χ2v) is 6.46. The van der Waals surface area contributed by atoms with E-state index in [0.717, 1.165) is 23.4 Å². The Bertz CT molecular complexity index is 838. The molecule has 1 aromatic heterocycles. The molecule has 0 aliphatic heterocycles. The van der Waals surface area contributed by atoms with E-state index in [1.54, 1.807) is 6.20 Å². The highest BCUT2D eigenvalue weighted by Gasteiger charge is 2.09. The number of rotatable bonds is 7. The van der Waals surface area contributed by atoms with Crippen molar-refractivity contribution in [2.75, 3.05) is 5.32 Å². The number of oxazole rings is 1. The van der Waals surface area contributed by atoms with E-state index in [0.29, 0.717) is 24.7 Å². The molecule has 3 aromatic rings. The van der Waals surface area contributed by atoms with Crippen molar-refractivity contribution >= 4 is 11.6 Å². The van der Waals surface area contributed by atoms with E-state index in [1.807, 2.05) is 42.5 Å². The lowest BCUT2D eigenvalue weighted by Crippen LogP contribution is -2.12. The minimum atomic E-state index is -0.0410. The topological polar surface area (TPSA) is 55.1 Å². The van der Waals surface area contributed by atoms with Gasteiger partial charge in [-0.2, -0.15) is 0 Å². The molecule has 0 saturated carbocycles. The molecule has 0 spiro atoms. The smallest absolute Gasteiger partial charge is 0.224 e. The summed E-state index contributed by atoms with van der Waals surface area (Å²) in [6.45, 7) is 4.37. The fourth-order valence-electron chi connectivity index (χ4n) is 2.74. The average molecular weight is 348 g/mol. The summed E-state index contributed by atoms with van der Waals surface area (Å²) in [6, 6.07) is 17.9. The van der Waals surface area contributed by atoms with Gasteiger partial charge < -0.3 is 9.73 Å². The Kier molecular flexibility index (Phi) is 5.84. The molecule has 3 rings (SSSR count). The van der Waals surface area contributed by atoms with Gasteiger partial charge in [0.15, 0.2) is 11.7 Å². The zero-order valence-electron chi connectivity index (χ0n) is 15.2. The van der Waals surface area contributed by atoms with Crippen LogP contribution in [0.15, 0.2) is 65.2 Å². The maximum absolute atomic E-state index is 12.2.